The van der Waals surface area contributed by atoms with E-state index in [2.05, 4.69) is 24.2 Å². The highest BCUT2D eigenvalue weighted by Crippen LogP contribution is 2.59. The van der Waals surface area contributed by atoms with Gasteiger partial charge in [-0.05, 0) is 56.5 Å². The molecule has 3 fully saturated rings. The third-order valence-electron chi connectivity index (χ3n) is 6.00. The molecule has 0 bridgehead atoms. The first-order chi connectivity index (χ1) is 9.14. The number of amides is 1. The molecule has 1 N–H and O–H groups in total. The fraction of sp³-hybridized carbons (Fsp3) is 0.938. The first-order valence-electron chi connectivity index (χ1n) is 8.11. The summed E-state index contributed by atoms with van der Waals surface area (Å²) in [6.45, 7) is 4.53. The Morgan fingerprint density at radius 1 is 1.20 bits per heavy atom. The van der Waals surface area contributed by atoms with Crippen molar-refractivity contribution in [2.75, 3.05) is 20.1 Å². The van der Waals surface area contributed by atoms with Gasteiger partial charge in [0, 0.05) is 19.0 Å². The SMILES string of the molecule is CC1CCCCC1N(C)C(=O)C1CC12CCNCC2.Cl. The molecule has 20 heavy (non-hydrogen) atoms. The van der Waals surface area contributed by atoms with Crippen LogP contribution in [0, 0.1) is 17.3 Å². The molecule has 1 heterocycles. The van der Waals surface area contributed by atoms with Crippen LogP contribution >= 0.6 is 12.4 Å². The van der Waals surface area contributed by atoms with Gasteiger partial charge in [0.15, 0.2) is 0 Å². The zero-order valence-corrected chi connectivity index (χ0v) is 13.7. The van der Waals surface area contributed by atoms with Crippen LogP contribution < -0.4 is 5.32 Å². The first-order valence-corrected chi connectivity index (χ1v) is 8.11. The highest BCUT2D eigenvalue weighted by molar-refractivity contribution is 5.85. The lowest BCUT2D eigenvalue weighted by Gasteiger charge is -2.37. The van der Waals surface area contributed by atoms with Gasteiger partial charge in [-0.15, -0.1) is 12.4 Å². The molecule has 0 aromatic carbocycles. The van der Waals surface area contributed by atoms with Crippen molar-refractivity contribution >= 4 is 18.3 Å². The number of piperidine rings is 1. The molecule has 3 aliphatic rings. The predicted octanol–water partition coefficient (Wildman–Crippen LogP) is 2.84. The van der Waals surface area contributed by atoms with Crippen molar-refractivity contribution in [3.63, 3.8) is 0 Å². The molecule has 3 atom stereocenters. The number of carbonyl (C=O) groups excluding carboxylic acids is 1. The van der Waals surface area contributed by atoms with Crippen LogP contribution in [0.5, 0.6) is 0 Å². The molecule has 1 saturated heterocycles. The van der Waals surface area contributed by atoms with E-state index in [9.17, 15) is 4.79 Å². The minimum Gasteiger partial charge on any atom is -0.342 e. The molecule has 1 spiro atoms. The van der Waals surface area contributed by atoms with Crippen LogP contribution in [0.15, 0.2) is 0 Å². The monoisotopic (exact) mass is 300 g/mol. The van der Waals surface area contributed by atoms with E-state index in [-0.39, 0.29) is 12.4 Å². The van der Waals surface area contributed by atoms with Crippen LogP contribution in [-0.4, -0.2) is 37.0 Å². The van der Waals surface area contributed by atoms with Gasteiger partial charge >= 0.3 is 0 Å². The summed E-state index contributed by atoms with van der Waals surface area (Å²) in [4.78, 5) is 14.8. The summed E-state index contributed by atoms with van der Waals surface area (Å²) in [7, 11) is 2.06. The molecule has 3 rings (SSSR count). The van der Waals surface area contributed by atoms with Crippen molar-refractivity contribution < 1.29 is 4.79 Å². The second-order valence-corrected chi connectivity index (χ2v) is 7.15. The van der Waals surface area contributed by atoms with Gasteiger partial charge < -0.3 is 10.2 Å². The van der Waals surface area contributed by atoms with Crippen LogP contribution in [0.25, 0.3) is 0 Å². The van der Waals surface area contributed by atoms with Crippen molar-refractivity contribution in [3.8, 4) is 0 Å². The Hall–Kier alpha value is -0.280. The van der Waals surface area contributed by atoms with E-state index in [0.29, 0.717) is 29.2 Å². The van der Waals surface area contributed by atoms with Crippen molar-refractivity contribution in [2.24, 2.45) is 17.3 Å². The fourth-order valence-electron chi connectivity index (χ4n) is 4.46. The smallest absolute Gasteiger partial charge is 0.226 e. The van der Waals surface area contributed by atoms with Gasteiger partial charge in [-0.25, -0.2) is 0 Å². The fourth-order valence-corrected chi connectivity index (χ4v) is 4.46. The maximum absolute atomic E-state index is 12.7. The third kappa shape index (κ3) is 2.85. The summed E-state index contributed by atoms with van der Waals surface area (Å²) >= 11 is 0. The molecule has 1 amide bonds. The molecular formula is C16H29ClN2O. The molecule has 4 heteroatoms. The normalized spacial score (nSPS) is 35.2. The molecule has 0 radical (unpaired) electrons. The van der Waals surface area contributed by atoms with Crippen LogP contribution in [0.3, 0.4) is 0 Å². The topological polar surface area (TPSA) is 32.3 Å². The summed E-state index contributed by atoms with van der Waals surface area (Å²) in [5.41, 5.74) is 0.383. The van der Waals surface area contributed by atoms with Crippen molar-refractivity contribution in [3.05, 3.63) is 0 Å². The van der Waals surface area contributed by atoms with Gasteiger partial charge in [-0.3, -0.25) is 4.79 Å². The van der Waals surface area contributed by atoms with E-state index in [1.54, 1.807) is 0 Å². The molecule has 0 aromatic rings. The van der Waals surface area contributed by atoms with Gasteiger partial charge in [-0.2, -0.15) is 0 Å². The van der Waals surface area contributed by atoms with E-state index in [1.165, 1.54) is 38.5 Å². The summed E-state index contributed by atoms with van der Waals surface area (Å²) < 4.78 is 0. The maximum atomic E-state index is 12.7. The second kappa shape index (κ2) is 6.23. The lowest BCUT2D eigenvalue weighted by Crippen LogP contribution is -2.44. The minimum absolute atomic E-state index is 0. The van der Waals surface area contributed by atoms with Gasteiger partial charge in [0.25, 0.3) is 0 Å². The number of rotatable bonds is 2. The molecule has 3 unspecified atom stereocenters. The summed E-state index contributed by atoms with van der Waals surface area (Å²) in [6, 6.07) is 0.501. The lowest BCUT2D eigenvalue weighted by atomic mass is 9.84. The molecule has 1 aliphatic heterocycles. The van der Waals surface area contributed by atoms with E-state index in [1.807, 2.05) is 0 Å². The quantitative estimate of drug-likeness (QED) is 0.850. The van der Waals surface area contributed by atoms with E-state index in [4.69, 9.17) is 0 Å². The van der Waals surface area contributed by atoms with E-state index < -0.39 is 0 Å². The van der Waals surface area contributed by atoms with E-state index in [0.717, 1.165) is 19.5 Å². The largest absolute Gasteiger partial charge is 0.342 e. The van der Waals surface area contributed by atoms with Crippen molar-refractivity contribution in [1.82, 2.24) is 10.2 Å². The van der Waals surface area contributed by atoms with Gasteiger partial charge in [0.2, 0.25) is 5.91 Å². The number of hydrogen-bond donors (Lipinski definition) is 1. The van der Waals surface area contributed by atoms with Crippen LogP contribution in [0.4, 0.5) is 0 Å². The van der Waals surface area contributed by atoms with Gasteiger partial charge in [0.1, 0.15) is 0 Å². The molecular weight excluding hydrogens is 272 g/mol. The Morgan fingerprint density at radius 2 is 1.85 bits per heavy atom. The van der Waals surface area contributed by atoms with E-state index >= 15 is 0 Å². The average molecular weight is 301 g/mol. The highest BCUT2D eigenvalue weighted by Gasteiger charge is 2.58. The number of halogens is 1. The molecule has 3 nitrogen and oxygen atoms in total. The number of carbonyl (C=O) groups is 1. The Labute approximate surface area is 129 Å². The van der Waals surface area contributed by atoms with Crippen LogP contribution in [0.1, 0.15) is 51.9 Å². The Kier molecular flexibility index (Phi) is 5.01. The van der Waals surface area contributed by atoms with Gasteiger partial charge in [0.05, 0.1) is 0 Å². The zero-order chi connectivity index (χ0) is 13.5. The van der Waals surface area contributed by atoms with Crippen molar-refractivity contribution in [1.29, 1.82) is 0 Å². The average Bonchev–Trinajstić information content (AvgIpc) is 3.12. The molecule has 116 valence electrons. The highest BCUT2D eigenvalue weighted by atomic mass is 35.5. The predicted molar refractivity (Wildman–Crippen MR) is 84.1 cm³/mol. The summed E-state index contributed by atoms with van der Waals surface area (Å²) in [5.74, 6) is 1.47. The van der Waals surface area contributed by atoms with Crippen LogP contribution in [0.2, 0.25) is 0 Å². The lowest BCUT2D eigenvalue weighted by molar-refractivity contribution is -0.136. The standard InChI is InChI=1S/C16H28N2O.ClH/c1-12-5-3-4-6-14(12)18(2)15(19)13-11-16(13)7-9-17-10-8-16;/h12-14,17H,3-11H2,1-2H3;1H. The Balaban J connectivity index is 0.00000147. The second-order valence-electron chi connectivity index (χ2n) is 7.15. The Morgan fingerprint density at radius 3 is 2.50 bits per heavy atom. The number of hydrogen-bond acceptors (Lipinski definition) is 2. The first kappa shape index (κ1) is 16.1. The molecule has 0 aromatic heterocycles. The molecule has 2 saturated carbocycles. The summed E-state index contributed by atoms with van der Waals surface area (Å²) in [6.07, 6.45) is 8.71. The zero-order valence-electron chi connectivity index (χ0n) is 12.9. The minimum atomic E-state index is 0. The van der Waals surface area contributed by atoms with Crippen LogP contribution in [-0.2, 0) is 4.79 Å². The number of nitrogens with zero attached hydrogens (tertiary/aromatic N) is 1. The molecule has 2 aliphatic carbocycles. The third-order valence-corrected chi connectivity index (χ3v) is 6.00. The number of nitrogens with one attached hydrogen (secondary N) is 1. The van der Waals surface area contributed by atoms with Crippen molar-refractivity contribution in [2.45, 2.75) is 57.9 Å². The summed E-state index contributed by atoms with van der Waals surface area (Å²) in [5, 5.41) is 3.41. The maximum Gasteiger partial charge on any atom is 0.226 e. The Bertz CT molecular complexity index is 354. The van der Waals surface area contributed by atoms with Gasteiger partial charge in [-0.1, -0.05) is 19.8 Å².